The van der Waals surface area contributed by atoms with Crippen molar-refractivity contribution in [3.05, 3.63) is 29.8 Å². The molecule has 1 heterocycles. The molecule has 1 aromatic carbocycles. The highest BCUT2D eigenvalue weighted by molar-refractivity contribution is 5.27. The molecule has 1 fully saturated rings. The van der Waals surface area contributed by atoms with Crippen molar-refractivity contribution in [3.8, 4) is 5.75 Å². The summed E-state index contributed by atoms with van der Waals surface area (Å²) in [5, 5.41) is 3.37. The Kier molecular flexibility index (Phi) is 5.49. The van der Waals surface area contributed by atoms with Crippen LogP contribution in [-0.2, 0) is 6.42 Å². The van der Waals surface area contributed by atoms with Crippen molar-refractivity contribution in [1.29, 1.82) is 0 Å². The van der Waals surface area contributed by atoms with E-state index in [0.29, 0.717) is 0 Å². The minimum absolute atomic E-state index is 0.815. The molecule has 0 bridgehead atoms. The standard InChI is InChI=1S/C15H24N2O/c1-2-14-4-6-15(7-5-14)18-13-3-10-17-11-8-16-9-12-17/h4-7,16H,2-3,8-13H2,1H3. The normalized spacial score (nSPS) is 16.7. The van der Waals surface area contributed by atoms with Crippen molar-refractivity contribution in [3.63, 3.8) is 0 Å². The maximum Gasteiger partial charge on any atom is 0.119 e. The minimum Gasteiger partial charge on any atom is -0.494 e. The molecule has 3 heteroatoms. The van der Waals surface area contributed by atoms with E-state index in [2.05, 4.69) is 41.4 Å². The number of piperazine rings is 1. The number of nitrogens with one attached hydrogen (secondary N) is 1. The van der Waals surface area contributed by atoms with Crippen LogP contribution >= 0.6 is 0 Å². The molecule has 1 N–H and O–H groups in total. The molecule has 1 aliphatic rings. The summed E-state index contributed by atoms with van der Waals surface area (Å²) >= 11 is 0. The van der Waals surface area contributed by atoms with Gasteiger partial charge >= 0.3 is 0 Å². The Balaban J connectivity index is 1.62. The Morgan fingerprint density at radius 3 is 2.56 bits per heavy atom. The molecule has 0 saturated carbocycles. The van der Waals surface area contributed by atoms with E-state index in [1.165, 1.54) is 18.7 Å². The molecule has 2 rings (SSSR count). The molecule has 100 valence electrons. The van der Waals surface area contributed by atoms with Gasteiger partial charge in [0, 0.05) is 32.7 Å². The monoisotopic (exact) mass is 248 g/mol. The van der Waals surface area contributed by atoms with Crippen LogP contribution in [0, 0.1) is 0 Å². The molecule has 0 unspecified atom stereocenters. The quantitative estimate of drug-likeness (QED) is 0.779. The highest BCUT2D eigenvalue weighted by Crippen LogP contribution is 2.12. The number of benzene rings is 1. The van der Waals surface area contributed by atoms with Gasteiger partial charge in [-0.2, -0.15) is 0 Å². The van der Waals surface area contributed by atoms with Crippen LogP contribution in [0.4, 0.5) is 0 Å². The van der Waals surface area contributed by atoms with E-state index >= 15 is 0 Å². The predicted octanol–water partition coefficient (Wildman–Crippen LogP) is 1.92. The van der Waals surface area contributed by atoms with Crippen LogP contribution in [0.25, 0.3) is 0 Å². The summed E-state index contributed by atoms with van der Waals surface area (Å²) in [5.41, 5.74) is 1.36. The summed E-state index contributed by atoms with van der Waals surface area (Å²) < 4.78 is 5.75. The maximum absolute atomic E-state index is 5.75. The van der Waals surface area contributed by atoms with Gasteiger partial charge in [-0.3, -0.25) is 0 Å². The lowest BCUT2D eigenvalue weighted by atomic mass is 10.2. The molecule has 0 aliphatic carbocycles. The third-order valence-electron chi connectivity index (χ3n) is 3.43. The van der Waals surface area contributed by atoms with E-state index in [0.717, 1.165) is 44.8 Å². The zero-order valence-electron chi connectivity index (χ0n) is 11.3. The number of hydrogen-bond acceptors (Lipinski definition) is 3. The van der Waals surface area contributed by atoms with Crippen LogP contribution in [0.2, 0.25) is 0 Å². The zero-order chi connectivity index (χ0) is 12.6. The van der Waals surface area contributed by atoms with Gasteiger partial charge in [-0.15, -0.1) is 0 Å². The number of rotatable bonds is 6. The molecule has 0 radical (unpaired) electrons. The molecular formula is C15H24N2O. The van der Waals surface area contributed by atoms with Crippen LogP contribution < -0.4 is 10.1 Å². The number of ether oxygens (including phenoxy) is 1. The molecule has 0 spiro atoms. The first-order valence-corrected chi connectivity index (χ1v) is 7.03. The second-order valence-corrected chi connectivity index (χ2v) is 4.79. The highest BCUT2D eigenvalue weighted by atomic mass is 16.5. The molecule has 0 atom stereocenters. The van der Waals surface area contributed by atoms with Crippen molar-refractivity contribution in [1.82, 2.24) is 10.2 Å². The summed E-state index contributed by atoms with van der Waals surface area (Å²) in [7, 11) is 0. The molecule has 3 nitrogen and oxygen atoms in total. The van der Waals surface area contributed by atoms with Crippen molar-refractivity contribution < 1.29 is 4.74 Å². The fourth-order valence-corrected chi connectivity index (χ4v) is 2.23. The minimum atomic E-state index is 0.815. The average molecular weight is 248 g/mol. The van der Waals surface area contributed by atoms with E-state index in [9.17, 15) is 0 Å². The van der Waals surface area contributed by atoms with Crippen molar-refractivity contribution in [2.75, 3.05) is 39.3 Å². The summed E-state index contributed by atoms with van der Waals surface area (Å²) in [4.78, 5) is 2.50. The van der Waals surface area contributed by atoms with Crippen molar-refractivity contribution in [2.45, 2.75) is 19.8 Å². The fraction of sp³-hybridized carbons (Fsp3) is 0.600. The maximum atomic E-state index is 5.75. The topological polar surface area (TPSA) is 24.5 Å². The third kappa shape index (κ3) is 4.31. The lowest BCUT2D eigenvalue weighted by Crippen LogP contribution is -2.43. The molecular weight excluding hydrogens is 224 g/mol. The number of nitrogens with zero attached hydrogens (tertiary/aromatic N) is 1. The first kappa shape index (κ1) is 13.4. The lowest BCUT2D eigenvalue weighted by molar-refractivity contribution is 0.214. The second kappa shape index (κ2) is 7.39. The van der Waals surface area contributed by atoms with E-state index in [4.69, 9.17) is 4.74 Å². The average Bonchev–Trinajstić information content (AvgIpc) is 2.45. The highest BCUT2D eigenvalue weighted by Gasteiger charge is 2.08. The van der Waals surface area contributed by atoms with Crippen molar-refractivity contribution in [2.24, 2.45) is 0 Å². The van der Waals surface area contributed by atoms with Crippen LogP contribution in [0.15, 0.2) is 24.3 Å². The Labute approximate surface area is 110 Å². The summed E-state index contributed by atoms with van der Waals surface area (Å²) in [6.45, 7) is 8.72. The third-order valence-corrected chi connectivity index (χ3v) is 3.43. The molecule has 1 aliphatic heterocycles. The van der Waals surface area contributed by atoms with E-state index in [-0.39, 0.29) is 0 Å². The first-order chi connectivity index (χ1) is 8.88. The predicted molar refractivity (Wildman–Crippen MR) is 75.2 cm³/mol. The van der Waals surface area contributed by atoms with Gasteiger partial charge < -0.3 is 15.0 Å². The SMILES string of the molecule is CCc1ccc(OCCCN2CCNCC2)cc1. The number of hydrogen-bond donors (Lipinski definition) is 1. The summed E-state index contributed by atoms with van der Waals surface area (Å²) in [6, 6.07) is 8.44. The van der Waals surface area contributed by atoms with Crippen LogP contribution in [0.5, 0.6) is 5.75 Å². The van der Waals surface area contributed by atoms with Gasteiger partial charge in [0.25, 0.3) is 0 Å². The molecule has 18 heavy (non-hydrogen) atoms. The molecule has 0 aromatic heterocycles. The summed E-state index contributed by atoms with van der Waals surface area (Å²) in [5.74, 6) is 0.993. The Hall–Kier alpha value is -1.06. The van der Waals surface area contributed by atoms with Crippen LogP contribution in [0.1, 0.15) is 18.9 Å². The van der Waals surface area contributed by atoms with Gasteiger partial charge in [0.05, 0.1) is 6.61 Å². The van der Waals surface area contributed by atoms with Gasteiger partial charge in [0.2, 0.25) is 0 Å². The Morgan fingerprint density at radius 1 is 1.17 bits per heavy atom. The van der Waals surface area contributed by atoms with E-state index < -0.39 is 0 Å². The zero-order valence-corrected chi connectivity index (χ0v) is 11.3. The van der Waals surface area contributed by atoms with E-state index in [1.807, 2.05) is 0 Å². The van der Waals surface area contributed by atoms with Gasteiger partial charge in [0.15, 0.2) is 0 Å². The first-order valence-electron chi connectivity index (χ1n) is 7.03. The van der Waals surface area contributed by atoms with Gasteiger partial charge in [-0.05, 0) is 30.5 Å². The second-order valence-electron chi connectivity index (χ2n) is 4.79. The summed E-state index contributed by atoms with van der Waals surface area (Å²) in [6.07, 6.45) is 2.19. The van der Waals surface area contributed by atoms with Crippen LogP contribution in [-0.4, -0.2) is 44.2 Å². The lowest BCUT2D eigenvalue weighted by Gasteiger charge is -2.26. The molecule has 0 amide bonds. The fourth-order valence-electron chi connectivity index (χ4n) is 2.23. The Morgan fingerprint density at radius 2 is 1.89 bits per heavy atom. The van der Waals surface area contributed by atoms with Gasteiger partial charge in [0.1, 0.15) is 5.75 Å². The largest absolute Gasteiger partial charge is 0.494 e. The van der Waals surface area contributed by atoms with Gasteiger partial charge in [-0.25, -0.2) is 0 Å². The Bertz CT molecular complexity index is 331. The smallest absolute Gasteiger partial charge is 0.119 e. The van der Waals surface area contributed by atoms with E-state index in [1.54, 1.807) is 0 Å². The molecule has 1 aromatic rings. The van der Waals surface area contributed by atoms with Gasteiger partial charge in [-0.1, -0.05) is 19.1 Å². The van der Waals surface area contributed by atoms with Crippen molar-refractivity contribution >= 4 is 0 Å². The molecule has 1 saturated heterocycles. The number of aryl methyl sites for hydroxylation is 1. The van der Waals surface area contributed by atoms with Crippen LogP contribution in [0.3, 0.4) is 0 Å².